The molecule has 19 heavy (non-hydrogen) atoms. The topological polar surface area (TPSA) is 56.5 Å². The molecule has 4 nitrogen and oxygen atoms in total. The Hall–Kier alpha value is -1.26. The van der Waals surface area contributed by atoms with Crippen LogP contribution < -0.4 is 15.8 Å². The summed E-state index contributed by atoms with van der Waals surface area (Å²) in [6, 6.07) is 6.05. The van der Waals surface area contributed by atoms with Gasteiger partial charge in [-0.25, -0.2) is 0 Å². The molecule has 0 fully saturated rings. The minimum Gasteiger partial charge on any atom is -0.489 e. The number of nitrogen functional groups attached to an aromatic ring is 1. The van der Waals surface area contributed by atoms with E-state index in [-0.39, 0.29) is 6.10 Å². The molecule has 108 valence electrons. The third-order valence-corrected chi connectivity index (χ3v) is 2.74. The Bertz CT molecular complexity index is 367. The largest absolute Gasteiger partial charge is 0.489 e. The number of rotatable bonds is 9. The number of methoxy groups -OCH3 is 1. The summed E-state index contributed by atoms with van der Waals surface area (Å²) in [4.78, 5) is 0. The number of nitrogens with two attached hydrogens (primary N) is 1. The van der Waals surface area contributed by atoms with Crippen LogP contribution in [0.1, 0.15) is 25.8 Å². The molecular weight excluding hydrogens is 240 g/mol. The van der Waals surface area contributed by atoms with E-state index in [1.54, 1.807) is 7.11 Å². The average molecular weight is 266 g/mol. The van der Waals surface area contributed by atoms with Gasteiger partial charge < -0.3 is 20.5 Å². The van der Waals surface area contributed by atoms with E-state index in [2.05, 4.69) is 11.4 Å². The van der Waals surface area contributed by atoms with Gasteiger partial charge in [0.2, 0.25) is 0 Å². The zero-order valence-electron chi connectivity index (χ0n) is 12.2. The molecule has 0 bridgehead atoms. The molecule has 4 heteroatoms. The van der Waals surface area contributed by atoms with Gasteiger partial charge in [0.1, 0.15) is 5.75 Å². The van der Waals surface area contributed by atoms with Gasteiger partial charge in [-0.2, -0.15) is 0 Å². The van der Waals surface area contributed by atoms with E-state index in [0.29, 0.717) is 0 Å². The highest BCUT2D eigenvalue weighted by molar-refractivity contribution is 5.54. The molecule has 0 unspecified atom stereocenters. The van der Waals surface area contributed by atoms with E-state index >= 15 is 0 Å². The highest BCUT2D eigenvalue weighted by Crippen LogP contribution is 2.24. The molecule has 0 aromatic heterocycles. The second-order valence-electron chi connectivity index (χ2n) is 4.89. The number of aryl methyl sites for hydroxylation is 1. The number of nitrogens with one attached hydrogen (secondary N) is 1. The lowest BCUT2D eigenvalue weighted by molar-refractivity contribution is 0.199. The molecule has 0 aliphatic rings. The Kier molecular flexibility index (Phi) is 7.30. The molecule has 1 aromatic carbocycles. The standard InChI is InChI=1S/C15H26N2O2/c1-12(2)19-15-7-6-13(11-14(15)16)5-4-8-17-9-10-18-3/h6-7,11-12,17H,4-5,8-10,16H2,1-3H3. The van der Waals surface area contributed by atoms with Gasteiger partial charge in [0.15, 0.2) is 0 Å². The molecule has 0 radical (unpaired) electrons. The molecular formula is C15H26N2O2. The molecule has 0 saturated carbocycles. The van der Waals surface area contributed by atoms with Crippen molar-refractivity contribution in [1.29, 1.82) is 0 Å². The van der Waals surface area contributed by atoms with Crippen LogP contribution >= 0.6 is 0 Å². The van der Waals surface area contributed by atoms with Crippen LogP contribution in [0.2, 0.25) is 0 Å². The number of hydrogen-bond donors (Lipinski definition) is 2. The quantitative estimate of drug-likeness (QED) is 0.531. The summed E-state index contributed by atoms with van der Waals surface area (Å²) in [5.41, 5.74) is 7.96. The summed E-state index contributed by atoms with van der Waals surface area (Å²) in [6.45, 7) is 6.65. The molecule has 0 atom stereocenters. The second kappa shape index (κ2) is 8.77. The van der Waals surface area contributed by atoms with Crippen molar-refractivity contribution in [3.8, 4) is 5.75 Å². The van der Waals surface area contributed by atoms with Crippen LogP contribution in [0.3, 0.4) is 0 Å². The minimum atomic E-state index is 0.151. The molecule has 0 aliphatic carbocycles. The summed E-state index contributed by atoms with van der Waals surface area (Å²) in [6.07, 6.45) is 2.26. The summed E-state index contributed by atoms with van der Waals surface area (Å²) < 4.78 is 10.6. The SMILES string of the molecule is COCCNCCCc1ccc(OC(C)C)c(N)c1. The van der Waals surface area contributed by atoms with Gasteiger partial charge in [0.05, 0.1) is 18.4 Å². The Labute approximate surface area is 116 Å². The van der Waals surface area contributed by atoms with Gasteiger partial charge in [-0.05, 0) is 50.9 Å². The zero-order valence-corrected chi connectivity index (χ0v) is 12.2. The molecule has 0 amide bonds. The fourth-order valence-corrected chi connectivity index (χ4v) is 1.83. The molecule has 0 spiro atoms. The molecule has 3 N–H and O–H groups in total. The smallest absolute Gasteiger partial charge is 0.142 e. The summed E-state index contributed by atoms with van der Waals surface area (Å²) in [5.74, 6) is 0.775. The van der Waals surface area contributed by atoms with Crippen molar-refractivity contribution < 1.29 is 9.47 Å². The van der Waals surface area contributed by atoms with E-state index in [4.69, 9.17) is 15.2 Å². The first-order valence-corrected chi connectivity index (χ1v) is 6.88. The van der Waals surface area contributed by atoms with Crippen molar-refractivity contribution in [2.24, 2.45) is 0 Å². The maximum absolute atomic E-state index is 5.98. The predicted molar refractivity (Wildman–Crippen MR) is 79.7 cm³/mol. The lowest BCUT2D eigenvalue weighted by Gasteiger charge is -2.13. The van der Waals surface area contributed by atoms with Crippen LogP contribution in [0.4, 0.5) is 5.69 Å². The normalized spacial score (nSPS) is 10.9. The highest BCUT2D eigenvalue weighted by atomic mass is 16.5. The maximum Gasteiger partial charge on any atom is 0.142 e. The third-order valence-electron chi connectivity index (χ3n) is 2.74. The van der Waals surface area contributed by atoms with Crippen LogP contribution in [0.15, 0.2) is 18.2 Å². The third kappa shape index (κ3) is 6.45. The van der Waals surface area contributed by atoms with Crippen molar-refractivity contribution in [2.75, 3.05) is 32.5 Å². The first kappa shape index (κ1) is 15.8. The summed E-state index contributed by atoms with van der Waals surface area (Å²) in [7, 11) is 1.71. The van der Waals surface area contributed by atoms with E-state index in [0.717, 1.165) is 44.0 Å². The fourth-order valence-electron chi connectivity index (χ4n) is 1.83. The average Bonchev–Trinajstić information content (AvgIpc) is 2.36. The molecule has 1 aromatic rings. The van der Waals surface area contributed by atoms with E-state index in [1.807, 2.05) is 26.0 Å². The van der Waals surface area contributed by atoms with Gasteiger partial charge in [-0.3, -0.25) is 0 Å². The second-order valence-corrected chi connectivity index (χ2v) is 4.89. The fraction of sp³-hybridized carbons (Fsp3) is 0.600. The number of anilines is 1. The van der Waals surface area contributed by atoms with Crippen LogP contribution in [0.5, 0.6) is 5.75 Å². The highest BCUT2D eigenvalue weighted by Gasteiger charge is 2.04. The maximum atomic E-state index is 5.98. The van der Waals surface area contributed by atoms with Crippen molar-refractivity contribution in [2.45, 2.75) is 32.8 Å². The van der Waals surface area contributed by atoms with E-state index in [9.17, 15) is 0 Å². The Balaban J connectivity index is 2.33. The minimum absolute atomic E-state index is 0.151. The zero-order chi connectivity index (χ0) is 14.1. The van der Waals surface area contributed by atoms with Crippen molar-refractivity contribution in [1.82, 2.24) is 5.32 Å². The lowest BCUT2D eigenvalue weighted by atomic mass is 10.1. The molecule has 0 saturated heterocycles. The van der Waals surface area contributed by atoms with Crippen LogP contribution in [0.25, 0.3) is 0 Å². The van der Waals surface area contributed by atoms with Crippen LogP contribution in [-0.2, 0) is 11.2 Å². The first-order valence-electron chi connectivity index (χ1n) is 6.88. The number of ether oxygens (including phenoxy) is 2. The van der Waals surface area contributed by atoms with Gasteiger partial charge in [0, 0.05) is 13.7 Å². The van der Waals surface area contributed by atoms with Crippen molar-refractivity contribution in [3.63, 3.8) is 0 Å². The van der Waals surface area contributed by atoms with Crippen molar-refractivity contribution in [3.05, 3.63) is 23.8 Å². The Morgan fingerprint density at radius 3 is 2.68 bits per heavy atom. The number of hydrogen-bond acceptors (Lipinski definition) is 4. The van der Waals surface area contributed by atoms with Crippen LogP contribution in [0, 0.1) is 0 Å². The monoisotopic (exact) mass is 266 g/mol. The molecule has 1 rings (SSSR count). The van der Waals surface area contributed by atoms with Crippen molar-refractivity contribution >= 4 is 5.69 Å². The predicted octanol–water partition coefficient (Wildman–Crippen LogP) is 2.22. The molecule has 0 aliphatic heterocycles. The lowest BCUT2D eigenvalue weighted by Crippen LogP contribution is -2.20. The van der Waals surface area contributed by atoms with E-state index < -0.39 is 0 Å². The summed E-state index contributed by atoms with van der Waals surface area (Å²) >= 11 is 0. The Morgan fingerprint density at radius 2 is 2.05 bits per heavy atom. The first-order chi connectivity index (χ1) is 9.13. The Morgan fingerprint density at radius 1 is 1.26 bits per heavy atom. The van der Waals surface area contributed by atoms with E-state index in [1.165, 1.54) is 5.56 Å². The van der Waals surface area contributed by atoms with Gasteiger partial charge in [-0.15, -0.1) is 0 Å². The molecule has 0 heterocycles. The summed E-state index contributed by atoms with van der Waals surface area (Å²) in [5, 5.41) is 3.33. The van der Waals surface area contributed by atoms with Crippen LogP contribution in [-0.4, -0.2) is 32.9 Å². The number of benzene rings is 1. The van der Waals surface area contributed by atoms with Gasteiger partial charge in [0.25, 0.3) is 0 Å². The van der Waals surface area contributed by atoms with Gasteiger partial charge >= 0.3 is 0 Å². The van der Waals surface area contributed by atoms with Gasteiger partial charge in [-0.1, -0.05) is 6.07 Å².